The van der Waals surface area contributed by atoms with Crippen molar-refractivity contribution in [3.8, 4) is 0 Å². The van der Waals surface area contributed by atoms with Crippen LogP contribution >= 0.6 is 0 Å². The Morgan fingerprint density at radius 2 is 1.96 bits per heavy atom. The molecule has 0 aromatic carbocycles. The minimum atomic E-state index is 0.193. The summed E-state index contributed by atoms with van der Waals surface area (Å²) in [5.41, 5.74) is 3.36. The van der Waals surface area contributed by atoms with E-state index in [4.69, 9.17) is 5.11 Å². The molecule has 0 aliphatic rings. The SMILES string of the molecule is CCN(CC)CCNc1ncnc2c1c(C)c(C)n2CCCO. The van der Waals surface area contributed by atoms with Gasteiger partial charge in [0.15, 0.2) is 0 Å². The van der Waals surface area contributed by atoms with Crippen molar-refractivity contribution < 1.29 is 5.11 Å². The third kappa shape index (κ3) is 3.82. The molecule has 2 aromatic rings. The second kappa shape index (κ2) is 8.26. The molecule has 0 spiro atoms. The van der Waals surface area contributed by atoms with E-state index < -0.39 is 0 Å². The van der Waals surface area contributed by atoms with Gasteiger partial charge in [-0.05, 0) is 38.9 Å². The van der Waals surface area contributed by atoms with Crippen LogP contribution in [0.3, 0.4) is 0 Å². The smallest absolute Gasteiger partial charge is 0.145 e. The van der Waals surface area contributed by atoms with Crippen LogP contribution in [0.15, 0.2) is 6.33 Å². The van der Waals surface area contributed by atoms with Gasteiger partial charge in [-0.3, -0.25) is 0 Å². The number of fused-ring (bicyclic) bond motifs is 1. The maximum absolute atomic E-state index is 9.10. The van der Waals surface area contributed by atoms with Crippen molar-refractivity contribution in [2.45, 2.75) is 40.7 Å². The zero-order chi connectivity index (χ0) is 16.8. The molecule has 0 atom stereocenters. The van der Waals surface area contributed by atoms with E-state index in [2.05, 4.69) is 52.4 Å². The first-order valence-electron chi connectivity index (χ1n) is 8.51. The summed E-state index contributed by atoms with van der Waals surface area (Å²) in [5.74, 6) is 0.908. The lowest BCUT2D eigenvalue weighted by molar-refractivity contribution is 0.280. The van der Waals surface area contributed by atoms with Crippen LogP contribution in [0.4, 0.5) is 5.82 Å². The van der Waals surface area contributed by atoms with Crippen LogP contribution in [0.5, 0.6) is 0 Å². The van der Waals surface area contributed by atoms with Gasteiger partial charge in [0.05, 0.1) is 5.39 Å². The highest BCUT2D eigenvalue weighted by atomic mass is 16.3. The number of rotatable bonds is 9. The Morgan fingerprint density at radius 3 is 2.61 bits per heavy atom. The standard InChI is InChI=1S/C17H29N5O/c1-5-21(6-2)10-8-18-16-15-13(3)14(4)22(9-7-11-23)17(15)20-12-19-16/h12,23H,5-11H2,1-4H3,(H,18,19,20). The number of hydrogen-bond acceptors (Lipinski definition) is 5. The molecule has 2 rings (SSSR count). The predicted octanol–water partition coefficient (Wildman–Crippen LogP) is 2.18. The molecule has 23 heavy (non-hydrogen) atoms. The van der Waals surface area contributed by atoms with E-state index in [-0.39, 0.29) is 6.61 Å². The quantitative estimate of drug-likeness (QED) is 0.741. The number of nitrogens with zero attached hydrogens (tertiary/aromatic N) is 4. The summed E-state index contributed by atoms with van der Waals surface area (Å²) < 4.78 is 2.18. The second-order valence-electron chi connectivity index (χ2n) is 5.81. The molecule has 0 bridgehead atoms. The molecule has 0 aliphatic heterocycles. The van der Waals surface area contributed by atoms with E-state index in [0.29, 0.717) is 0 Å². The Bertz CT molecular complexity index is 633. The normalized spacial score (nSPS) is 11.6. The molecule has 128 valence electrons. The Kier molecular flexibility index (Phi) is 6.36. The van der Waals surface area contributed by atoms with Gasteiger partial charge < -0.3 is 19.9 Å². The molecule has 6 heteroatoms. The first-order valence-corrected chi connectivity index (χ1v) is 8.51. The molecule has 0 amide bonds. The third-order valence-electron chi connectivity index (χ3n) is 4.56. The number of aliphatic hydroxyl groups is 1. The first-order chi connectivity index (χ1) is 11.1. The lowest BCUT2D eigenvalue weighted by atomic mass is 10.2. The Morgan fingerprint density at radius 1 is 1.22 bits per heavy atom. The van der Waals surface area contributed by atoms with Crippen molar-refractivity contribution in [3.63, 3.8) is 0 Å². The number of likely N-dealkylation sites (N-methyl/N-ethyl adjacent to an activating group) is 1. The third-order valence-corrected chi connectivity index (χ3v) is 4.56. The predicted molar refractivity (Wildman–Crippen MR) is 95.0 cm³/mol. The number of aryl methyl sites for hydroxylation is 2. The van der Waals surface area contributed by atoms with E-state index >= 15 is 0 Å². The molecule has 0 saturated heterocycles. The van der Waals surface area contributed by atoms with Gasteiger partial charge in [-0.1, -0.05) is 13.8 Å². The highest BCUT2D eigenvalue weighted by Crippen LogP contribution is 2.28. The summed E-state index contributed by atoms with van der Waals surface area (Å²) in [4.78, 5) is 11.3. The monoisotopic (exact) mass is 319 g/mol. The molecule has 6 nitrogen and oxygen atoms in total. The topological polar surface area (TPSA) is 66.2 Å². The molecule has 0 fully saturated rings. The van der Waals surface area contributed by atoms with E-state index in [1.807, 2.05) is 0 Å². The van der Waals surface area contributed by atoms with Gasteiger partial charge in [-0.2, -0.15) is 0 Å². The summed E-state index contributed by atoms with van der Waals surface area (Å²) in [7, 11) is 0. The summed E-state index contributed by atoms with van der Waals surface area (Å²) in [6, 6.07) is 0. The van der Waals surface area contributed by atoms with Gasteiger partial charge >= 0.3 is 0 Å². The highest BCUT2D eigenvalue weighted by molar-refractivity contribution is 5.91. The first kappa shape index (κ1) is 17.7. The Hall–Kier alpha value is -1.66. The van der Waals surface area contributed by atoms with Crippen molar-refractivity contribution in [2.24, 2.45) is 0 Å². The summed E-state index contributed by atoms with van der Waals surface area (Å²) >= 11 is 0. The number of hydrogen-bond donors (Lipinski definition) is 2. The van der Waals surface area contributed by atoms with Crippen molar-refractivity contribution in [3.05, 3.63) is 17.6 Å². The zero-order valence-corrected chi connectivity index (χ0v) is 14.8. The van der Waals surface area contributed by atoms with E-state index in [0.717, 1.165) is 56.0 Å². The van der Waals surface area contributed by atoms with Crippen molar-refractivity contribution in [1.29, 1.82) is 0 Å². The maximum Gasteiger partial charge on any atom is 0.145 e. The van der Waals surface area contributed by atoms with Crippen LogP contribution in [0.1, 0.15) is 31.5 Å². The van der Waals surface area contributed by atoms with Crippen LogP contribution in [0, 0.1) is 13.8 Å². The number of anilines is 1. The van der Waals surface area contributed by atoms with Crippen molar-refractivity contribution >= 4 is 16.9 Å². The molecule has 2 aromatic heterocycles. The van der Waals surface area contributed by atoms with Gasteiger partial charge in [0, 0.05) is 31.9 Å². The van der Waals surface area contributed by atoms with E-state index in [9.17, 15) is 0 Å². The fraction of sp³-hybridized carbons (Fsp3) is 0.647. The minimum absolute atomic E-state index is 0.193. The summed E-state index contributed by atoms with van der Waals surface area (Å²) in [5, 5.41) is 13.7. The van der Waals surface area contributed by atoms with Crippen LogP contribution in [0.25, 0.3) is 11.0 Å². The van der Waals surface area contributed by atoms with Crippen molar-refractivity contribution in [1.82, 2.24) is 19.4 Å². The summed E-state index contributed by atoms with van der Waals surface area (Å²) in [6.45, 7) is 13.6. The average Bonchev–Trinajstić information content (AvgIpc) is 2.82. The van der Waals surface area contributed by atoms with Gasteiger partial charge in [-0.25, -0.2) is 9.97 Å². The van der Waals surface area contributed by atoms with Crippen molar-refractivity contribution in [2.75, 3.05) is 38.1 Å². The number of aliphatic hydroxyl groups excluding tert-OH is 1. The molecule has 2 heterocycles. The lowest BCUT2D eigenvalue weighted by Crippen LogP contribution is -2.28. The van der Waals surface area contributed by atoms with Gasteiger partial charge in [-0.15, -0.1) is 0 Å². The van der Waals surface area contributed by atoms with Crippen LogP contribution in [0.2, 0.25) is 0 Å². The fourth-order valence-electron chi connectivity index (χ4n) is 2.98. The second-order valence-corrected chi connectivity index (χ2v) is 5.81. The molecular weight excluding hydrogens is 290 g/mol. The Labute approximate surface area is 138 Å². The highest BCUT2D eigenvalue weighted by Gasteiger charge is 2.16. The van der Waals surface area contributed by atoms with Crippen LogP contribution in [-0.4, -0.2) is 57.3 Å². The summed E-state index contributed by atoms with van der Waals surface area (Å²) in [6.07, 6.45) is 2.36. The molecule has 0 aliphatic carbocycles. The van der Waals surface area contributed by atoms with E-state index in [1.165, 1.54) is 11.3 Å². The molecule has 0 unspecified atom stereocenters. The molecular formula is C17H29N5O. The lowest BCUT2D eigenvalue weighted by Gasteiger charge is -2.18. The molecule has 0 saturated carbocycles. The zero-order valence-electron chi connectivity index (χ0n) is 14.8. The van der Waals surface area contributed by atoms with E-state index in [1.54, 1.807) is 6.33 Å². The number of aromatic nitrogens is 3. The van der Waals surface area contributed by atoms with Gasteiger partial charge in [0.25, 0.3) is 0 Å². The minimum Gasteiger partial charge on any atom is -0.396 e. The fourth-order valence-corrected chi connectivity index (χ4v) is 2.98. The van der Waals surface area contributed by atoms with Crippen LogP contribution < -0.4 is 5.32 Å². The molecule has 0 radical (unpaired) electrons. The largest absolute Gasteiger partial charge is 0.396 e. The van der Waals surface area contributed by atoms with Gasteiger partial charge in [0.2, 0.25) is 0 Å². The average molecular weight is 319 g/mol. The number of nitrogens with one attached hydrogen (secondary N) is 1. The Balaban J connectivity index is 2.24. The van der Waals surface area contributed by atoms with Gasteiger partial charge in [0.1, 0.15) is 17.8 Å². The maximum atomic E-state index is 9.10. The van der Waals surface area contributed by atoms with Crippen LogP contribution in [-0.2, 0) is 6.54 Å². The molecule has 2 N–H and O–H groups in total.